The third kappa shape index (κ3) is 5.84. The Labute approximate surface area is 110 Å². The van der Waals surface area contributed by atoms with Crippen LogP contribution in [-0.4, -0.2) is 45.2 Å². The van der Waals surface area contributed by atoms with E-state index in [1.807, 2.05) is 31.2 Å². The maximum Gasteiger partial charge on any atom is 0.126 e. The molecule has 0 saturated carbocycles. The highest BCUT2D eigenvalue weighted by molar-refractivity contribution is 5.56. The third-order valence-corrected chi connectivity index (χ3v) is 2.54. The van der Waals surface area contributed by atoms with E-state index < -0.39 is 0 Å². The van der Waals surface area contributed by atoms with E-state index in [1.54, 1.807) is 0 Å². The quantitative estimate of drug-likeness (QED) is 0.714. The average molecular weight is 248 g/mol. The second kappa shape index (κ2) is 8.72. The summed E-state index contributed by atoms with van der Waals surface area (Å²) < 4.78 is 5.77. The van der Waals surface area contributed by atoms with Crippen molar-refractivity contribution in [1.82, 2.24) is 10.2 Å². The lowest BCUT2D eigenvalue weighted by Gasteiger charge is -2.12. The van der Waals surface area contributed by atoms with Gasteiger partial charge in [0.05, 0.1) is 0 Å². The zero-order chi connectivity index (χ0) is 13.2. The minimum atomic E-state index is 0.696. The van der Waals surface area contributed by atoms with E-state index in [0.29, 0.717) is 6.61 Å². The minimum Gasteiger partial charge on any atom is -0.492 e. The number of benzene rings is 1. The average Bonchev–Trinajstić information content (AvgIpc) is 2.35. The predicted molar refractivity (Wildman–Crippen MR) is 78.1 cm³/mol. The zero-order valence-electron chi connectivity index (χ0n) is 11.6. The van der Waals surface area contributed by atoms with Gasteiger partial charge in [-0.1, -0.05) is 30.4 Å². The van der Waals surface area contributed by atoms with Crippen molar-refractivity contribution in [3.63, 3.8) is 0 Å². The summed E-state index contributed by atoms with van der Waals surface area (Å²) in [7, 11) is 4.15. The lowest BCUT2D eigenvalue weighted by molar-refractivity contribution is 0.308. The Kier molecular flexibility index (Phi) is 7.14. The third-order valence-electron chi connectivity index (χ3n) is 2.54. The monoisotopic (exact) mass is 248 g/mol. The molecule has 0 amide bonds. The molecule has 1 aromatic rings. The summed E-state index contributed by atoms with van der Waals surface area (Å²) in [5.74, 6) is 0.949. The van der Waals surface area contributed by atoms with Crippen molar-refractivity contribution in [3.05, 3.63) is 35.9 Å². The number of nitrogens with one attached hydrogen (secondary N) is 1. The Morgan fingerprint density at radius 2 is 2.00 bits per heavy atom. The second-order valence-electron chi connectivity index (χ2n) is 4.44. The SMILES string of the molecule is CC=Cc1ccccc1OCCNCCN(C)C. The summed E-state index contributed by atoms with van der Waals surface area (Å²) in [5, 5.41) is 3.35. The number of allylic oxidation sites excluding steroid dienone is 1. The van der Waals surface area contributed by atoms with Crippen molar-refractivity contribution in [2.75, 3.05) is 40.3 Å². The molecule has 0 radical (unpaired) electrons. The van der Waals surface area contributed by atoms with Crippen LogP contribution < -0.4 is 10.1 Å². The molecule has 3 nitrogen and oxygen atoms in total. The second-order valence-corrected chi connectivity index (χ2v) is 4.44. The number of nitrogens with zero attached hydrogens (tertiary/aromatic N) is 1. The van der Waals surface area contributed by atoms with E-state index in [1.165, 1.54) is 0 Å². The maximum atomic E-state index is 5.77. The Hall–Kier alpha value is -1.32. The Morgan fingerprint density at radius 3 is 2.72 bits per heavy atom. The first-order valence-electron chi connectivity index (χ1n) is 6.44. The smallest absolute Gasteiger partial charge is 0.126 e. The van der Waals surface area contributed by atoms with Gasteiger partial charge in [-0.2, -0.15) is 0 Å². The van der Waals surface area contributed by atoms with Crippen molar-refractivity contribution in [2.24, 2.45) is 0 Å². The van der Waals surface area contributed by atoms with Crippen molar-refractivity contribution < 1.29 is 4.74 Å². The van der Waals surface area contributed by atoms with Crippen LogP contribution in [-0.2, 0) is 0 Å². The lowest BCUT2D eigenvalue weighted by atomic mass is 10.2. The van der Waals surface area contributed by atoms with Gasteiger partial charge in [-0.05, 0) is 27.1 Å². The standard InChI is InChI=1S/C15H24N2O/c1-4-7-14-8-5-6-9-15(14)18-13-11-16-10-12-17(2)3/h4-9,16H,10-13H2,1-3H3. The largest absolute Gasteiger partial charge is 0.492 e. The molecule has 0 aromatic heterocycles. The molecule has 0 spiro atoms. The molecule has 0 heterocycles. The molecule has 0 aliphatic rings. The maximum absolute atomic E-state index is 5.77. The lowest BCUT2D eigenvalue weighted by Crippen LogP contribution is -2.29. The fourth-order valence-corrected chi connectivity index (χ4v) is 1.59. The van der Waals surface area contributed by atoms with E-state index in [4.69, 9.17) is 4.74 Å². The molecule has 0 unspecified atom stereocenters. The molecule has 0 aliphatic heterocycles. The molecular weight excluding hydrogens is 224 g/mol. The molecule has 3 heteroatoms. The van der Waals surface area contributed by atoms with Crippen LogP contribution in [0.15, 0.2) is 30.3 Å². The molecular formula is C15H24N2O. The molecule has 0 fully saturated rings. The molecule has 100 valence electrons. The van der Waals surface area contributed by atoms with Crippen molar-refractivity contribution in [2.45, 2.75) is 6.92 Å². The van der Waals surface area contributed by atoms with Crippen LogP contribution >= 0.6 is 0 Å². The number of ether oxygens (including phenoxy) is 1. The minimum absolute atomic E-state index is 0.696. The summed E-state index contributed by atoms with van der Waals surface area (Å²) in [5.41, 5.74) is 1.13. The number of para-hydroxylation sites is 1. The number of likely N-dealkylation sites (N-methyl/N-ethyl adjacent to an activating group) is 1. The van der Waals surface area contributed by atoms with Crippen LogP contribution in [0.2, 0.25) is 0 Å². The Bertz CT molecular complexity index is 361. The number of hydrogen-bond donors (Lipinski definition) is 1. The van der Waals surface area contributed by atoms with Gasteiger partial charge in [0, 0.05) is 25.2 Å². The molecule has 0 bridgehead atoms. The molecule has 0 saturated heterocycles. The highest BCUT2D eigenvalue weighted by atomic mass is 16.5. The summed E-state index contributed by atoms with van der Waals surface area (Å²) in [6.45, 7) is 5.63. The van der Waals surface area contributed by atoms with Gasteiger partial charge in [0.1, 0.15) is 12.4 Å². The Morgan fingerprint density at radius 1 is 1.22 bits per heavy atom. The van der Waals surface area contributed by atoms with Crippen LogP contribution in [0.3, 0.4) is 0 Å². The first kappa shape index (κ1) is 14.7. The molecule has 0 atom stereocenters. The normalized spacial score (nSPS) is 11.3. The first-order chi connectivity index (χ1) is 8.74. The van der Waals surface area contributed by atoms with Gasteiger partial charge < -0.3 is 15.0 Å². The van der Waals surface area contributed by atoms with Crippen LogP contribution in [0.5, 0.6) is 5.75 Å². The molecule has 1 rings (SSSR count). The topological polar surface area (TPSA) is 24.5 Å². The van der Waals surface area contributed by atoms with Gasteiger partial charge in [0.15, 0.2) is 0 Å². The highest BCUT2D eigenvalue weighted by Gasteiger charge is 1.98. The molecule has 1 N–H and O–H groups in total. The highest BCUT2D eigenvalue weighted by Crippen LogP contribution is 2.18. The zero-order valence-corrected chi connectivity index (χ0v) is 11.6. The fourth-order valence-electron chi connectivity index (χ4n) is 1.59. The predicted octanol–water partition coefficient (Wildman–Crippen LogP) is 2.25. The van der Waals surface area contributed by atoms with Crippen LogP contribution in [0.25, 0.3) is 6.08 Å². The van der Waals surface area contributed by atoms with E-state index >= 15 is 0 Å². The summed E-state index contributed by atoms with van der Waals surface area (Å²) >= 11 is 0. The Balaban J connectivity index is 2.27. The van der Waals surface area contributed by atoms with Crippen LogP contribution in [0.4, 0.5) is 0 Å². The fraction of sp³-hybridized carbons (Fsp3) is 0.467. The van der Waals surface area contributed by atoms with Gasteiger partial charge in [0.25, 0.3) is 0 Å². The molecule has 18 heavy (non-hydrogen) atoms. The summed E-state index contributed by atoms with van der Waals surface area (Å²) in [6, 6.07) is 8.10. The van der Waals surface area contributed by atoms with E-state index in [-0.39, 0.29) is 0 Å². The molecule has 1 aromatic carbocycles. The van der Waals surface area contributed by atoms with Gasteiger partial charge in [-0.15, -0.1) is 0 Å². The van der Waals surface area contributed by atoms with Crippen LogP contribution in [0.1, 0.15) is 12.5 Å². The van der Waals surface area contributed by atoms with E-state index in [2.05, 4.69) is 36.5 Å². The van der Waals surface area contributed by atoms with Crippen molar-refractivity contribution >= 4 is 6.08 Å². The molecule has 0 aliphatic carbocycles. The van der Waals surface area contributed by atoms with E-state index in [9.17, 15) is 0 Å². The summed E-state index contributed by atoms with van der Waals surface area (Å²) in [6.07, 6.45) is 4.09. The van der Waals surface area contributed by atoms with E-state index in [0.717, 1.165) is 30.9 Å². The van der Waals surface area contributed by atoms with Gasteiger partial charge in [0.2, 0.25) is 0 Å². The number of hydrogen-bond acceptors (Lipinski definition) is 3. The van der Waals surface area contributed by atoms with Crippen molar-refractivity contribution in [1.29, 1.82) is 0 Å². The van der Waals surface area contributed by atoms with Crippen LogP contribution in [0, 0.1) is 0 Å². The summed E-state index contributed by atoms with van der Waals surface area (Å²) in [4.78, 5) is 2.16. The van der Waals surface area contributed by atoms with Gasteiger partial charge in [-0.3, -0.25) is 0 Å². The number of rotatable bonds is 8. The van der Waals surface area contributed by atoms with Gasteiger partial charge >= 0.3 is 0 Å². The van der Waals surface area contributed by atoms with Gasteiger partial charge in [-0.25, -0.2) is 0 Å². The first-order valence-corrected chi connectivity index (χ1v) is 6.44. The van der Waals surface area contributed by atoms with Crippen molar-refractivity contribution in [3.8, 4) is 5.75 Å².